The molecule has 3 aliphatic heterocycles. The Bertz CT molecular complexity index is 1030. The van der Waals surface area contributed by atoms with Gasteiger partial charge >= 0.3 is 0 Å². The zero-order valence-corrected chi connectivity index (χ0v) is 23.5. The van der Waals surface area contributed by atoms with Crippen LogP contribution in [0.5, 0.6) is 5.75 Å². The molecule has 0 aromatic heterocycles. The van der Waals surface area contributed by atoms with E-state index in [9.17, 15) is 0 Å². The molecule has 0 radical (unpaired) electrons. The number of rotatable bonds is 8. The van der Waals surface area contributed by atoms with Crippen molar-refractivity contribution in [2.45, 2.75) is 77.4 Å². The maximum atomic E-state index is 5.74. The monoisotopic (exact) mass is 498 g/mol. The number of methoxy groups -OCH3 is 1. The van der Waals surface area contributed by atoms with Gasteiger partial charge in [-0.15, -0.1) is 0 Å². The maximum absolute atomic E-state index is 5.74. The molecular weight excluding hydrogens is 452 g/mol. The minimum absolute atomic E-state index is 0.354. The molecule has 1 N–H and O–H groups in total. The first kappa shape index (κ1) is 27.4. The molecule has 0 unspecified atom stereocenters. The highest BCUT2D eigenvalue weighted by atomic mass is 16.5. The highest BCUT2D eigenvalue weighted by Gasteiger charge is 2.46. The second-order valence-electron chi connectivity index (χ2n) is 11.0. The molecule has 6 rings (SSSR count). The largest absolute Gasteiger partial charge is 0.496 e. The Morgan fingerprint density at radius 1 is 0.838 bits per heavy atom. The quantitative estimate of drug-likeness (QED) is 0.346. The van der Waals surface area contributed by atoms with Crippen LogP contribution in [-0.4, -0.2) is 37.2 Å². The van der Waals surface area contributed by atoms with Crippen LogP contribution in [0.25, 0.3) is 0 Å². The summed E-state index contributed by atoms with van der Waals surface area (Å²) in [5.74, 6) is 2.56. The highest BCUT2D eigenvalue weighted by Crippen LogP contribution is 2.42. The first-order chi connectivity index (χ1) is 18.1. The van der Waals surface area contributed by atoms with Gasteiger partial charge in [0.15, 0.2) is 0 Å². The van der Waals surface area contributed by atoms with E-state index < -0.39 is 0 Å². The topological polar surface area (TPSA) is 24.5 Å². The summed E-state index contributed by atoms with van der Waals surface area (Å²) in [6.45, 7) is 12.0. The smallest absolute Gasteiger partial charge is 0.123 e. The Morgan fingerprint density at radius 2 is 1.41 bits per heavy atom. The van der Waals surface area contributed by atoms with E-state index in [1.54, 1.807) is 7.11 Å². The molecule has 2 bridgehead atoms. The summed E-state index contributed by atoms with van der Waals surface area (Å²) in [4.78, 5) is 2.75. The Kier molecular flexibility index (Phi) is 9.82. The fourth-order valence-electron chi connectivity index (χ4n) is 6.22. The average Bonchev–Trinajstić information content (AvgIpc) is 2.94. The van der Waals surface area contributed by atoms with E-state index in [-0.39, 0.29) is 0 Å². The van der Waals surface area contributed by atoms with Gasteiger partial charge in [0, 0.05) is 30.1 Å². The fourth-order valence-corrected chi connectivity index (χ4v) is 6.22. The van der Waals surface area contributed by atoms with Gasteiger partial charge in [0.05, 0.1) is 7.11 Å². The molecular formula is C34H46N2O. The van der Waals surface area contributed by atoms with Crippen molar-refractivity contribution in [2.24, 2.45) is 5.92 Å². The first-order valence-corrected chi connectivity index (χ1v) is 14.3. The molecule has 3 aliphatic rings. The summed E-state index contributed by atoms with van der Waals surface area (Å²) < 4.78 is 5.74. The zero-order chi connectivity index (χ0) is 26.2. The second-order valence-corrected chi connectivity index (χ2v) is 11.0. The molecule has 3 saturated heterocycles. The average molecular weight is 499 g/mol. The van der Waals surface area contributed by atoms with Gasteiger partial charge in [-0.05, 0) is 60.5 Å². The van der Waals surface area contributed by atoms with Gasteiger partial charge in [0.25, 0.3) is 0 Å². The van der Waals surface area contributed by atoms with Crippen molar-refractivity contribution >= 4 is 0 Å². The van der Waals surface area contributed by atoms with Crippen molar-refractivity contribution in [1.82, 2.24) is 10.2 Å². The van der Waals surface area contributed by atoms with Crippen molar-refractivity contribution < 1.29 is 4.74 Å². The fraction of sp³-hybridized carbons (Fsp3) is 0.471. The van der Waals surface area contributed by atoms with Crippen molar-refractivity contribution in [3.63, 3.8) is 0 Å². The molecule has 198 valence electrons. The van der Waals surface area contributed by atoms with Gasteiger partial charge in [-0.1, -0.05) is 107 Å². The number of hydrogen-bond acceptors (Lipinski definition) is 3. The lowest BCUT2D eigenvalue weighted by molar-refractivity contribution is 0.00462. The summed E-state index contributed by atoms with van der Waals surface area (Å²) in [5.41, 5.74) is 5.46. The molecule has 0 aliphatic carbocycles. The van der Waals surface area contributed by atoms with Gasteiger partial charge in [0.1, 0.15) is 5.75 Å². The van der Waals surface area contributed by atoms with Crippen LogP contribution < -0.4 is 10.1 Å². The second kappa shape index (κ2) is 13.3. The molecule has 37 heavy (non-hydrogen) atoms. The van der Waals surface area contributed by atoms with Crippen LogP contribution >= 0.6 is 0 Å². The van der Waals surface area contributed by atoms with E-state index in [1.165, 1.54) is 54.6 Å². The van der Waals surface area contributed by atoms with Crippen molar-refractivity contribution in [3.05, 3.63) is 101 Å². The Labute approximate surface area is 225 Å². The Morgan fingerprint density at radius 3 is 1.92 bits per heavy atom. The van der Waals surface area contributed by atoms with Gasteiger partial charge < -0.3 is 10.1 Å². The van der Waals surface area contributed by atoms with Crippen molar-refractivity contribution in [1.29, 1.82) is 0 Å². The summed E-state index contributed by atoms with van der Waals surface area (Å²) in [6, 6.07) is 29.8. The number of fused-ring (bicyclic) bond motifs is 3. The van der Waals surface area contributed by atoms with E-state index in [1.807, 2.05) is 0 Å². The molecule has 3 nitrogen and oxygen atoms in total. The molecule has 0 spiro atoms. The van der Waals surface area contributed by atoms with E-state index in [4.69, 9.17) is 4.74 Å². The molecule has 3 aromatic rings. The van der Waals surface area contributed by atoms with Crippen LogP contribution in [-0.2, 0) is 6.54 Å². The van der Waals surface area contributed by atoms with Crippen LogP contribution in [0.2, 0.25) is 0 Å². The van der Waals surface area contributed by atoms with Crippen molar-refractivity contribution in [3.8, 4) is 5.75 Å². The molecule has 0 saturated carbocycles. The number of piperidine rings is 3. The van der Waals surface area contributed by atoms with E-state index in [2.05, 4.69) is 117 Å². The van der Waals surface area contributed by atoms with Crippen LogP contribution in [0, 0.1) is 5.92 Å². The predicted octanol–water partition coefficient (Wildman–Crippen LogP) is 7.62. The Hall–Kier alpha value is -2.62. The molecule has 3 fully saturated rings. The van der Waals surface area contributed by atoms with Crippen LogP contribution in [0.3, 0.4) is 0 Å². The molecule has 0 amide bonds. The third-order valence-corrected chi connectivity index (χ3v) is 8.03. The summed E-state index contributed by atoms with van der Waals surface area (Å²) in [6.07, 6.45) is 3.82. The first-order valence-electron chi connectivity index (χ1n) is 14.3. The standard InChI is InChI=1S/C31H38N2O.C3H8/c1-22(2)26-14-15-28(34-3)27(20-26)21-32-30-25-16-18-33(19-17-25)31(30)29(23-10-6-4-7-11-23)24-12-8-5-9-13-24;1-3-2/h4-15,20,22,25,29-32H,16-19,21H2,1-3H3;3H2,1-2H3/t30-,31-;/m0./s1. The third-order valence-electron chi connectivity index (χ3n) is 8.03. The van der Waals surface area contributed by atoms with Crippen LogP contribution in [0.4, 0.5) is 0 Å². The Balaban J connectivity index is 0.00000102. The molecule has 2 atom stereocenters. The van der Waals surface area contributed by atoms with Crippen molar-refractivity contribution in [2.75, 3.05) is 20.2 Å². The summed E-state index contributed by atoms with van der Waals surface area (Å²) in [5, 5.41) is 4.06. The minimum atomic E-state index is 0.354. The summed E-state index contributed by atoms with van der Waals surface area (Å²) >= 11 is 0. The van der Waals surface area contributed by atoms with E-state index in [0.717, 1.165) is 12.3 Å². The number of nitrogens with one attached hydrogen (secondary N) is 1. The highest BCUT2D eigenvalue weighted by molar-refractivity contribution is 5.39. The van der Waals surface area contributed by atoms with E-state index >= 15 is 0 Å². The van der Waals surface area contributed by atoms with Gasteiger partial charge in [-0.3, -0.25) is 4.90 Å². The van der Waals surface area contributed by atoms with Crippen LogP contribution in [0.15, 0.2) is 78.9 Å². The third kappa shape index (κ3) is 6.45. The molecule has 3 heteroatoms. The van der Waals surface area contributed by atoms with Gasteiger partial charge in [0.2, 0.25) is 0 Å². The molecule has 3 aromatic carbocycles. The minimum Gasteiger partial charge on any atom is -0.496 e. The van der Waals surface area contributed by atoms with Gasteiger partial charge in [-0.25, -0.2) is 0 Å². The number of ether oxygens (including phenoxy) is 1. The lowest BCUT2D eigenvalue weighted by Gasteiger charge is -2.54. The van der Waals surface area contributed by atoms with Gasteiger partial charge in [-0.2, -0.15) is 0 Å². The zero-order valence-electron chi connectivity index (χ0n) is 23.5. The maximum Gasteiger partial charge on any atom is 0.123 e. The number of benzene rings is 3. The molecule has 3 heterocycles. The predicted molar refractivity (Wildman–Crippen MR) is 156 cm³/mol. The lowest BCUT2D eigenvalue weighted by Crippen LogP contribution is -2.64. The number of hydrogen-bond donors (Lipinski definition) is 1. The SMILES string of the molecule is CCC.COc1ccc(C(C)C)cc1CN[C@H]1C2CCN(CC2)[C@H]1C(c1ccccc1)c1ccccc1. The lowest BCUT2D eigenvalue weighted by atomic mass is 9.70. The van der Waals surface area contributed by atoms with Crippen LogP contribution in [0.1, 0.15) is 81.0 Å². The normalized spacial score (nSPS) is 22.6. The summed E-state index contributed by atoms with van der Waals surface area (Å²) in [7, 11) is 1.78. The number of nitrogens with zero attached hydrogens (tertiary/aromatic N) is 1. The van der Waals surface area contributed by atoms with E-state index in [0.29, 0.717) is 29.8 Å².